The average Bonchev–Trinajstić information content (AvgIpc) is 2.54. The van der Waals surface area contributed by atoms with Crippen LogP contribution in [0.3, 0.4) is 0 Å². The Labute approximate surface area is 153 Å². The van der Waals surface area contributed by atoms with Crippen LogP contribution in [0, 0.1) is 0 Å². The minimum absolute atomic E-state index is 0.208. The van der Waals surface area contributed by atoms with E-state index in [-0.39, 0.29) is 6.29 Å². The number of aldehydes is 1. The lowest BCUT2D eigenvalue weighted by molar-refractivity contribution is -0.378. The fourth-order valence-electron chi connectivity index (χ4n) is 1.61. The molecule has 0 spiro atoms. The Kier molecular flexibility index (Phi) is 11.5. The molecule has 0 aliphatic carbocycles. The van der Waals surface area contributed by atoms with Gasteiger partial charge in [0.25, 0.3) is 0 Å². The van der Waals surface area contributed by atoms with Gasteiger partial charge in [0.05, 0.1) is 0 Å². The first-order chi connectivity index (χ1) is 12.6. The Hall–Kier alpha value is -2.61. The second kappa shape index (κ2) is 12.7. The highest BCUT2D eigenvalue weighted by Gasteiger charge is 2.41. The first-order valence-electron chi connectivity index (χ1n) is 7.46. The summed E-state index contributed by atoms with van der Waals surface area (Å²) in [6.07, 6.45) is -4.92. The molecule has 0 bridgehead atoms. The molecule has 0 heterocycles. The zero-order valence-corrected chi connectivity index (χ0v) is 15.0. The van der Waals surface area contributed by atoms with Crippen LogP contribution in [0.25, 0.3) is 0 Å². The van der Waals surface area contributed by atoms with Gasteiger partial charge in [-0.05, 0) is 0 Å². The molecule has 0 saturated heterocycles. The van der Waals surface area contributed by atoms with Crippen molar-refractivity contribution < 1.29 is 58.4 Å². The normalized spacial score (nSPS) is 14.9. The fraction of sp³-hybridized carbons (Fsp3) is 0.643. The van der Waals surface area contributed by atoms with Crippen molar-refractivity contribution >= 4 is 30.1 Å². The quantitative estimate of drug-likeness (QED) is 0.217. The number of aliphatic hydroxyl groups is 1. The molecule has 4 atom stereocenters. The molecule has 0 unspecified atom stereocenters. The van der Waals surface area contributed by atoms with Crippen LogP contribution in [0.4, 0.5) is 0 Å². The number of rotatable bonds is 12. The number of aliphatic hydroxyl groups excluding tert-OH is 1. The molecule has 0 fully saturated rings. The predicted molar refractivity (Wildman–Crippen MR) is 80.7 cm³/mol. The minimum atomic E-state index is -1.74. The molecule has 1 amide bonds. The van der Waals surface area contributed by atoms with E-state index < -0.39 is 54.8 Å². The van der Waals surface area contributed by atoms with Gasteiger partial charge >= 0.3 is 17.9 Å². The molecule has 0 aliphatic rings. The lowest BCUT2D eigenvalue weighted by Gasteiger charge is -2.30. The lowest BCUT2D eigenvalue weighted by Crippen LogP contribution is -2.55. The summed E-state index contributed by atoms with van der Waals surface area (Å²) in [5.41, 5.74) is 0. The Balaban J connectivity index is 5.50. The average molecular weight is 395 g/mol. The summed E-state index contributed by atoms with van der Waals surface area (Å²) in [5.74, 6) is -3.34. The maximum Gasteiger partial charge on any atom is 0.339 e. The number of carbonyl (C=O) groups is 5. The van der Waals surface area contributed by atoms with E-state index in [2.05, 4.69) is 24.9 Å². The van der Waals surface area contributed by atoms with Crippen LogP contribution < -0.4 is 5.32 Å². The van der Waals surface area contributed by atoms with Crippen molar-refractivity contribution in [2.24, 2.45) is 0 Å². The third-order valence-corrected chi connectivity index (χ3v) is 2.54. The SMILES string of the molecule is CC(=O)N[C@@H](C=O)[C@@H](OOC(C)=O)[C@H](OOC(C)=O)[C@H](O)COOC(C)=O. The Bertz CT molecular complexity index is 536. The summed E-state index contributed by atoms with van der Waals surface area (Å²) in [7, 11) is 0. The van der Waals surface area contributed by atoms with Crippen molar-refractivity contribution in [2.45, 2.75) is 52.0 Å². The highest BCUT2D eigenvalue weighted by atomic mass is 17.2. The number of hydrogen-bond acceptors (Lipinski definition) is 12. The second-order valence-electron chi connectivity index (χ2n) is 5.06. The predicted octanol–water partition coefficient (Wildman–Crippen LogP) is -1.73. The third-order valence-electron chi connectivity index (χ3n) is 2.54. The van der Waals surface area contributed by atoms with Crippen LogP contribution in [0.5, 0.6) is 0 Å². The molecule has 2 N–H and O–H groups in total. The Morgan fingerprint density at radius 2 is 1.37 bits per heavy atom. The van der Waals surface area contributed by atoms with E-state index in [0.717, 1.165) is 27.7 Å². The molecule has 0 rings (SSSR count). The number of nitrogens with one attached hydrogen (secondary N) is 1. The summed E-state index contributed by atoms with van der Waals surface area (Å²) in [6.45, 7) is 3.36. The maximum atomic E-state index is 11.3. The zero-order valence-electron chi connectivity index (χ0n) is 15.0. The van der Waals surface area contributed by atoms with Crippen molar-refractivity contribution in [1.29, 1.82) is 0 Å². The first-order valence-corrected chi connectivity index (χ1v) is 7.46. The van der Waals surface area contributed by atoms with E-state index in [4.69, 9.17) is 9.78 Å². The standard InChI is InChI=1S/C14H21NO12/c1-7(17)15-11(5-16)13(26-24-9(3)19)14(27-25-10(4)20)12(21)6-22-23-8(2)18/h5,11-14,21H,6H2,1-4H3,(H,15,17)/t11-,12+,13+,14+/m0/s1. The molecule has 0 radical (unpaired) electrons. The van der Waals surface area contributed by atoms with Gasteiger partial charge < -0.3 is 15.2 Å². The van der Waals surface area contributed by atoms with Gasteiger partial charge in [0, 0.05) is 27.7 Å². The highest BCUT2D eigenvalue weighted by molar-refractivity contribution is 5.77. The summed E-state index contributed by atoms with van der Waals surface area (Å²) >= 11 is 0. The van der Waals surface area contributed by atoms with Crippen LogP contribution in [-0.2, 0) is 53.3 Å². The van der Waals surface area contributed by atoms with E-state index in [0.29, 0.717) is 0 Å². The zero-order chi connectivity index (χ0) is 21.0. The third kappa shape index (κ3) is 10.9. The molecular weight excluding hydrogens is 374 g/mol. The molecule has 27 heavy (non-hydrogen) atoms. The van der Waals surface area contributed by atoms with Crippen LogP contribution in [0.1, 0.15) is 27.7 Å². The maximum absolute atomic E-state index is 11.3. The smallest absolute Gasteiger partial charge is 0.339 e. The van der Waals surface area contributed by atoms with Crippen molar-refractivity contribution in [3.05, 3.63) is 0 Å². The topological polar surface area (TPSA) is 173 Å². The van der Waals surface area contributed by atoms with Gasteiger partial charge in [0.15, 0.2) is 12.2 Å². The second-order valence-corrected chi connectivity index (χ2v) is 5.06. The molecule has 0 aliphatic heterocycles. The van der Waals surface area contributed by atoms with E-state index in [1.165, 1.54) is 0 Å². The van der Waals surface area contributed by atoms with Crippen molar-refractivity contribution in [1.82, 2.24) is 5.32 Å². The Morgan fingerprint density at radius 1 is 0.889 bits per heavy atom. The molecule has 0 aromatic heterocycles. The van der Waals surface area contributed by atoms with Crippen LogP contribution in [-0.4, -0.2) is 66.2 Å². The van der Waals surface area contributed by atoms with Crippen molar-refractivity contribution in [2.75, 3.05) is 6.61 Å². The van der Waals surface area contributed by atoms with Crippen molar-refractivity contribution in [3.63, 3.8) is 0 Å². The van der Waals surface area contributed by atoms with E-state index >= 15 is 0 Å². The number of carbonyl (C=O) groups excluding carboxylic acids is 5. The minimum Gasteiger partial charge on any atom is -0.388 e. The van der Waals surface area contributed by atoms with Crippen LogP contribution >= 0.6 is 0 Å². The molecule has 0 aromatic carbocycles. The lowest BCUT2D eigenvalue weighted by atomic mass is 10.0. The van der Waals surface area contributed by atoms with Gasteiger partial charge in [-0.2, -0.15) is 14.7 Å². The van der Waals surface area contributed by atoms with Crippen LogP contribution in [0.15, 0.2) is 0 Å². The van der Waals surface area contributed by atoms with Gasteiger partial charge in [-0.25, -0.2) is 14.4 Å². The van der Waals surface area contributed by atoms with E-state index in [1.54, 1.807) is 0 Å². The van der Waals surface area contributed by atoms with Crippen LogP contribution in [0.2, 0.25) is 0 Å². The Morgan fingerprint density at radius 3 is 1.78 bits per heavy atom. The molecule has 13 heteroatoms. The summed E-state index contributed by atoms with van der Waals surface area (Å²) in [4.78, 5) is 82.1. The summed E-state index contributed by atoms with van der Waals surface area (Å²) in [6, 6.07) is -1.49. The molecule has 0 saturated carbocycles. The summed E-state index contributed by atoms with van der Waals surface area (Å²) in [5, 5.41) is 12.3. The van der Waals surface area contributed by atoms with Gasteiger partial charge in [0.2, 0.25) is 5.91 Å². The highest BCUT2D eigenvalue weighted by Crippen LogP contribution is 2.15. The summed E-state index contributed by atoms with van der Waals surface area (Å²) < 4.78 is 0. The molecule has 0 aromatic rings. The first kappa shape index (κ1) is 24.4. The van der Waals surface area contributed by atoms with E-state index in [1.807, 2.05) is 0 Å². The monoisotopic (exact) mass is 395 g/mol. The van der Waals surface area contributed by atoms with Crippen molar-refractivity contribution in [3.8, 4) is 0 Å². The largest absolute Gasteiger partial charge is 0.388 e. The fourth-order valence-corrected chi connectivity index (χ4v) is 1.61. The van der Waals surface area contributed by atoms with Gasteiger partial charge in [-0.1, -0.05) is 0 Å². The van der Waals surface area contributed by atoms with Gasteiger partial charge in [-0.3, -0.25) is 19.5 Å². The van der Waals surface area contributed by atoms with E-state index in [9.17, 15) is 29.1 Å². The number of hydrogen-bond donors (Lipinski definition) is 2. The van der Waals surface area contributed by atoms with Gasteiger partial charge in [0.1, 0.15) is 25.0 Å². The molecule has 13 nitrogen and oxygen atoms in total. The van der Waals surface area contributed by atoms with Gasteiger partial charge in [-0.15, -0.1) is 0 Å². The molecule has 154 valence electrons. The molecular formula is C14H21NO12. The number of amides is 1.